The van der Waals surface area contributed by atoms with Crippen LogP contribution in [-0.4, -0.2) is 24.0 Å². The maximum Gasteiger partial charge on any atom is 0.296 e. The number of hydrogen-bond acceptors (Lipinski definition) is 5. The van der Waals surface area contributed by atoms with Gasteiger partial charge in [0.25, 0.3) is 10.1 Å². The van der Waals surface area contributed by atoms with Gasteiger partial charge in [0.2, 0.25) is 5.91 Å². The third-order valence-electron chi connectivity index (χ3n) is 3.89. The van der Waals surface area contributed by atoms with Crippen LogP contribution in [0.3, 0.4) is 0 Å². The van der Waals surface area contributed by atoms with Crippen LogP contribution in [0.15, 0.2) is 65.6 Å². The quantitative estimate of drug-likeness (QED) is 0.237. The zero-order chi connectivity index (χ0) is 19.6. The molecule has 27 heavy (non-hydrogen) atoms. The fourth-order valence-corrected chi connectivity index (χ4v) is 3.24. The number of carbonyl (C=O) groups excluding carboxylic acids is 1. The number of benzene rings is 3. The molecule has 138 valence electrons. The first-order valence-corrected chi connectivity index (χ1v) is 9.26. The zero-order valence-electron chi connectivity index (χ0n) is 14.0. The Morgan fingerprint density at radius 2 is 1.78 bits per heavy atom. The maximum absolute atomic E-state index is 12.1. The molecule has 0 radical (unpaired) electrons. The summed E-state index contributed by atoms with van der Waals surface area (Å²) in [5, 5.41) is 13.3. The van der Waals surface area contributed by atoms with E-state index in [-0.39, 0.29) is 11.3 Å². The molecule has 0 aliphatic carbocycles. The van der Waals surface area contributed by atoms with Crippen molar-refractivity contribution in [1.82, 2.24) is 0 Å². The molecule has 0 aromatic heterocycles. The van der Waals surface area contributed by atoms with Gasteiger partial charge in [-0.15, -0.1) is 0 Å². The molecule has 0 spiro atoms. The Labute approximate surface area is 155 Å². The van der Waals surface area contributed by atoms with Crippen LogP contribution in [0.1, 0.15) is 5.56 Å². The summed E-state index contributed by atoms with van der Waals surface area (Å²) in [5.74, 6) is -0.838. The smallest absolute Gasteiger partial charge is 0.296 e. The molecule has 0 heterocycles. The summed E-state index contributed by atoms with van der Waals surface area (Å²) in [6, 6.07) is 14.9. The van der Waals surface area contributed by atoms with Gasteiger partial charge in [0.1, 0.15) is 10.6 Å². The third kappa shape index (κ3) is 4.08. The largest absolute Gasteiger partial charge is 0.505 e. The average Bonchev–Trinajstić information content (AvgIpc) is 2.63. The van der Waals surface area contributed by atoms with Gasteiger partial charge in [-0.2, -0.15) is 8.42 Å². The molecule has 8 heteroatoms. The van der Waals surface area contributed by atoms with Crippen LogP contribution in [0.2, 0.25) is 0 Å². The second-order valence-electron chi connectivity index (χ2n) is 5.78. The number of hydrogen-bond donors (Lipinski definition) is 4. The van der Waals surface area contributed by atoms with Gasteiger partial charge in [-0.05, 0) is 41.3 Å². The van der Waals surface area contributed by atoms with Crippen molar-refractivity contribution in [3.8, 4) is 5.75 Å². The molecule has 3 aromatic rings. The van der Waals surface area contributed by atoms with Crippen molar-refractivity contribution in [3.63, 3.8) is 0 Å². The maximum atomic E-state index is 12.1. The van der Waals surface area contributed by atoms with E-state index in [1.165, 1.54) is 18.2 Å². The van der Waals surface area contributed by atoms with E-state index >= 15 is 0 Å². The zero-order valence-corrected chi connectivity index (χ0v) is 14.8. The van der Waals surface area contributed by atoms with E-state index in [9.17, 15) is 22.9 Å². The molecule has 5 N–H and O–H groups in total. The molecule has 0 aliphatic heterocycles. The first kappa shape index (κ1) is 18.4. The van der Waals surface area contributed by atoms with Gasteiger partial charge >= 0.3 is 0 Å². The van der Waals surface area contributed by atoms with Crippen LogP contribution in [0, 0.1) is 0 Å². The third-order valence-corrected chi connectivity index (χ3v) is 4.78. The first-order valence-electron chi connectivity index (χ1n) is 7.82. The number of carbonyl (C=O) groups is 1. The fraction of sp³-hybridized carbons (Fsp3) is 0. The van der Waals surface area contributed by atoms with Crippen molar-refractivity contribution in [1.29, 1.82) is 0 Å². The normalized spacial score (nSPS) is 11.7. The lowest BCUT2D eigenvalue weighted by molar-refractivity contribution is -0.111. The Morgan fingerprint density at radius 1 is 1.07 bits per heavy atom. The van der Waals surface area contributed by atoms with Crippen molar-refractivity contribution in [2.75, 3.05) is 11.1 Å². The highest BCUT2D eigenvalue weighted by molar-refractivity contribution is 7.86. The Balaban J connectivity index is 1.91. The number of phenols is 1. The van der Waals surface area contributed by atoms with E-state index in [1.54, 1.807) is 12.1 Å². The molecule has 0 saturated carbocycles. The summed E-state index contributed by atoms with van der Waals surface area (Å²) < 4.78 is 32.1. The van der Waals surface area contributed by atoms with Crippen LogP contribution in [0.25, 0.3) is 16.8 Å². The van der Waals surface area contributed by atoms with Crippen LogP contribution >= 0.6 is 0 Å². The molecule has 3 aromatic carbocycles. The monoisotopic (exact) mass is 384 g/mol. The number of phenolic OH excluding ortho intramolecular Hbond substituents is 1. The van der Waals surface area contributed by atoms with Gasteiger partial charge in [-0.1, -0.05) is 30.3 Å². The van der Waals surface area contributed by atoms with Crippen molar-refractivity contribution in [3.05, 3.63) is 66.2 Å². The van der Waals surface area contributed by atoms with Crippen molar-refractivity contribution in [2.45, 2.75) is 4.90 Å². The van der Waals surface area contributed by atoms with E-state index in [2.05, 4.69) is 5.32 Å². The van der Waals surface area contributed by atoms with Gasteiger partial charge in [-0.3, -0.25) is 9.35 Å². The van der Waals surface area contributed by atoms with E-state index in [0.717, 1.165) is 11.6 Å². The first-order chi connectivity index (χ1) is 12.8. The summed E-state index contributed by atoms with van der Waals surface area (Å²) in [6.07, 6.45) is 3.02. The van der Waals surface area contributed by atoms with Gasteiger partial charge < -0.3 is 16.2 Å². The van der Waals surface area contributed by atoms with E-state index < -0.39 is 26.5 Å². The standard InChI is InChI=1S/C19H16N2O5S/c20-18-16(27(24,25)26)11-13-10-14(7-8-15(13)19(18)23)21-17(22)9-6-12-4-2-1-3-5-12/h1-11,23H,20H2,(H,21,22)(H,24,25,26)/b9-6+. The Hall–Kier alpha value is -3.36. The lowest BCUT2D eigenvalue weighted by atomic mass is 10.1. The van der Waals surface area contributed by atoms with Crippen molar-refractivity contribution in [2.24, 2.45) is 0 Å². The van der Waals surface area contributed by atoms with E-state index in [0.29, 0.717) is 11.1 Å². The van der Waals surface area contributed by atoms with E-state index in [1.807, 2.05) is 30.3 Å². The molecule has 0 fully saturated rings. The minimum Gasteiger partial charge on any atom is -0.505 e. The number of amides is 1. The summed E-state index contributed by atoms with van der Waals surface area (Å²) in [6.45, 7) is 0. The molecule has 3 rings (SSSR count). The van der Waals surface area contributed by atoms with Gasteiger partial charge in [0, 0.05) is 17.1 Å². The number of nitrogens with one attached hydrogen (secondary N) is 1. The molecule has 1 amide bonds. The average molecular weight is 384 g/mol. The van der Waals surface area contributed by atoms with Gasteiger partial charge in [0.05, 0.1) is 5.69 Å². The van der Waals surface area contributed by atoms with E-state index in [4.69, 9.17) is 5.73 Å². The molecule has 0 atom stereocenters. The Bertz CT molecular complexity index is 1160. The SMILES string of the molecule is Nc1c(S(=O)(=O)O)cc2cc(NC(=O)/C=C/c3ccccc3)ccc2c1O. The van der Waals surface area contributed by atoms with Gasteiger partial charge in [0.15, 0.2) is 0 Å². The van der Waals surface area contributed by atoms with Crippen LogP contribution in [0.4, 0.5) is 11.4 Å². The Kier molecular flexibility index (Phi) is 4.85. The molecular formula is C19H16N2O5S. The second kappa shape index (κ2) is 7.10. The molecule has 0 saturated heterocycles. The Morgan fingerprint density at radius 3 is 2.44 bits per heavy atom. The molecular weight excluding hydrogens is 368 g/mol. The predicted molar refractivity (Wildman–Crippen MR) is 104 cm³/mol. The number of rotatable bonds is 4. The molecule has 0 aliphatic rings. The van der Waals surface area contributed by atoms with Crippen LogP contribution in [0.5, 0.6) is 5.75 Å². The highest BCUT2D eigenvalue weighted by Crippen LogP contribution is 2.37. The van der Waals surface area contributed by atoms with Crippen LogP contribution in [-0.2, 0) is 14.9 Å². The topological polar surface area (TPSA) is 130 Å². The number of nitrogen functional groups attached to an aromatic ring is 1. The number of anilines is 2. The fourth-order valence-electron chi connectivity index (χ4n) is 2.59. The van der Waals surface area contributed by atoms with Gasteiger partial charge in [-0.25, -0.2) is 0 Å². The highest BCUT2D eigenvalue weighted by atomic mass is 32.2. The van der Waals surface area contributed by atoms with Crippen LogP contribution < -0.4 is 11.1 Å². The molecule has 0 unspecified atom stereocenters. The lowest BCUT2D eigenvalue weighted by Gasteiger charge is -2.10. The lowest BCUT2D eigenvalue weighted by Crippen LogP contribution is -2.08. The minimum atomic E-state index is -4.61. The molecule has 0 bridgehead atoms. The van der Waals surface area contributed by atoms with Crippen molar-refractivity contribution < 1.29 is 22.9 Å². The molecule has 7 nitrogen and oxygen atoms in total. The summed E-state index contributed by atoms with van der Waals surface area (Å²) in [4.78, 5) is 11.5. The number of nitrogens with two attached hydrogens (primary N) is 1. The second-order valence-corrected chi connectivity index (χ2v) is 7.17. The van der Waals surface area contributed by atoms with Crippen molar-refractivity contribution >= 4 is 44.2 Å². The summed E-state index contributed by atoms with van der Waals surface area (Å²) in [7, 11) is -4.61. The highest BCUT2D eigenvalue weighted by Gasteiger charge is 2.19. The minimum absolute atomic E-state index is 0.290. The summed E-state index contributed by atoms with van der Waals surface area (Å²) >= 11 is 0. The predicted octanol–water partition coefficient (Wildman–Crippen LogP) is 3.03. The summed E-state index contributed by atoms with van der Waals surface area (Å²) in [5.41, 5.74) is 6.39. The number of fused-ring (bicyclic) bond motifs is 1. The number of aromatic hydroxyl groups is 1.